The van der Waals surface area contributed by atoms with Crippen molar-refractivity contribution >= 4 is 11.8 Å². The number of halogens is 2. The highest BCUT2D eigenvalue weighted by Crippen LogP contribution is 2.35. The van der Waals surface area contributed by atoms with Crippen molar-refractivity contribution in [3.05, 3.63) is 30.1 Å². The predicted octanol–water partition coefficient (Wildman–Crippen LogP) is 0.307. The summed E-state index contributed by atoms with van der Waals surface area (Å²) in [4.78, 5) is 31.3. The molecule has 2 aliphatic rings. The Bertz CT molecular complexity index is 668. The van der Waals surface area contributed by atoms with Crippen molar-refractivity contribution in [1.82, 2.24) is 20.1 Å². The fraction of sp³-hybridized carbons (Fsp3) is 0.611. The minimum Gasteiger partial charge on any atom is -0.375 e. The third-order valence-electron chi connectivity index (χ3n) is 5.02. The predicted molar refractivity (Wildman–Crippen MR) is 93.3 cm³/mol. The topological polar surface area (TPSA) is 74.8 Å². The van der Waals surface area contributed by atoms with Gasteiger partial charge in [-0.1, -0.05) is 0 Å². The van der Waals surface area contributed by atoms with E-state index in [2.05, 4.69) is 10.3 Å². The van der Waals surface area contributed by atoms with E-state index in [-0.39, 0.29) is 24.5 Å². The van der Waals surface area contributed by atoms with Crippen LogP contribution in [0.4, 0.5) is 8.78 Å². The first-order valence-corrected chi connectivity index (χ1v) is 8.96. The molecule has 9 heteroatoms. The Hall–Kier alpha value is -2.13. The first-order chi connectivity index (χ1) is 12.9. The summed E-state index contributed by atoms with van der Waals surface area (Å²) in [6.07, 6.45) is 3.46. The van der Waals surface area contributed by atoms with Gasteiger partial charge in [0.1, 0.15) is 6.61 Å². The quantitative estimate of drug-likeness (QED) is 0.735. The molecule has 1 aromatic rings. The van der Waals surface area contributed by atoms with E-state index in [1.54, 1.807) is 22.2 Å². The molecule has 148 valence electrons. The fourth-order valence-corrected chi connectivity index (χ4v) is 3.55. The summed E-state index contributed by atoms with van der Waals surface area (Å²) >= 11 is 0. The third kappa shape index (κ3) is 4.78. The Morgan fingerprint density at radius 1 is 1.33 bits per heavy atom. The van der Waals surface area contributed by atoms with E-state index in [9.17, 15) is 18.4 Å². The van der Waals surface area contributed by atoms with E-state index in [1.807, 2.05) is 12.1 Å². The molecule has 2 saturated heterocycles. The van der Waals surface area contributed by atoms with Crippen LogP contribution in [-0.2, 0) is 20.7 Å². The van der Waals surface area contributed by atoms with E-state index < -0.39 is 24.9 Å². The van der Waals surface area contributed by atoms with Crippen LogP contribution in [0.5, 0.6) is 0 Å². The summed E-state index contributed by atoms with van der Waals surface area (Å²) in [7, 11) is 1.43. The molecule has 0 unspecified atom stereocenters. The van der Waals surface area contributed by atoms with Gasteiger partial charge in [-0.15, -0.1) is 0 Å². The number of pyridine rings is 1. The zero-order valence-corrected chi connectivity index (χ0v) is 15.2. The van der Waals surface area contributed by atoms with Gasteiger partial charge in [0, 0.05) is 51.6 Å². The van der Waals surface area contributed by atoms with Gasteiger partial charge in [0.25, 0.3) is 5.92 Å². The number of carbonyl (C=O) groups is 2. The molecule has 1 N–H and O–H groups in total. The van der Waals surface area contributed by atoms with Gasteiger partial charge in [-0.3, -0.25) is 19.5 Å². The molecule has 0 aromatic carbocycles. The fourth-order valence-electron chi connectivity index (χ4n) is 3.55. The second-order valence-electron chi connectivity index (χ2n) is 7.03. The third-order valence-corrected chi connectivity index (χ3v) is 5.02. The van der Waals surface area contributed by atoms with E-state index in [4.69, 9.17) is 4.74 Å². The van der Waals surface area contributed by atoms with E-state index in [1.165, 1.54) is 7.11 Å². The summed E-state index contributed by atoms with van der Waals surface area (Å²) in [5.74, 6) is -3.45. The van der Waals surface area contributed by atoms with Crippen LogP contribution >= 0.6 is 0 Å². The van der Waals surface area contributed by atoms with Gasteiger partial charge in [0.15, 0.2) is 0 Å². The largest absolute Gasteiger partial charge is 0.375 e. The average molecular weight is 382 g/mol. The monoisotopic (exact) mass is 382 g/mol. The lowest BCUT2D eigenvalue weighted by atomic mass is 10.1. The van der Waals surface area contributed by atoms with Crippen LogP contribution in [0.25, 0.3) is 0 Å². The van der Waals surface area contributed by atoms with Crippen LogP contribution in [0, 0.1) is 0 Å². The number of amides is 2. The van der Waals surface area contributed by atoms with Crippen molar-refractivity contribution in [2.45, 2.75) is 30.8 Å². The molecule has 0 radical (unpaired) electrons. The number of ether oxygens (including phenoxy) is 1. The Balaban J connectivity index is 1.53. The van der Waals surface area contributed by atoms with Gasteiger partial charge in [-0.05, 0) is 24.1 Å². The molecule has 3 heterocycles. The lowest BCUT2D eigenvalue weighted by Crippen LogP contribution is -2.64. The number of likely N-dealkylation sites (tertiary alicyclic amines) is 2. The van der Waals surface area contributed by atoms with Crippen molar-refractivity contribution in [1.29, 1.82) is 0 Å². The number of alkyl halides is 2. The summed E-state index contributed by atoms with van der Waals surface area (Å²) in [6.45, 7) is 0.591. The number of carbonyl (C=O) groups excluding carboxylic acids is 2. The minimum atomic E-state index is -2.90. The molecule has 2 amide bonds. The second-order valence-corrected chi connectivity index (χ2v) is 7.03. The second kappa shape index (κ2) is 8.26. The summed E-state index contributed by atoms with van der Waals surface area (Å²) in [5.41, 5.74) is 1.02. The number of nitrogens with one attached hydrogen (secondary N) is 1. The number of rotatable bonds is 7. The molecule has 1 aromatic heterocycles. The van der Waals surface area contributed by atoms with Crippen molar-refractivity contribution in [2.75, 3.05) is 39.9 Å². The number of aromatic nitrogens is 1. The van der Waals surface area contributed by atoms with Gasteiger partial charge >= 0.3 is 0 Å². The maximum Gasteiger partial charge on any atom is 0.262 e. The van der Waals surface area contributed by atoms with Crippen LogP contribution < -0.4 is 5.32 Å². The zero-order chi connectivity index (χ0) is 19.4. The van der Waals surface area contributed by atoms with Crippen LogP contribution in [-0.4, -0.2) is 84.5 Å². The van der Waals surface area contributed by atoms with Crippen LogP contribution in [0.1, 0.15) is 12.0 Å². The number of methoxy groups -OCH3 is 1. The van der Waals surface area contributed by atoms with E-state index >= 15 is 0 Å². The highest BCUT2D eigenvalue weighted by molar-refractivity contribution is 5.82. The molecular weight excluding hydrogens is 358 g/mol. The average Bonchev–Trinajstić information content (AvgIpc) is 2.90. The Morgan fingerprint density at radius 3 is 2.70 bits per heavy atom. The molecule has 2 aliphatic heterocycles. The van der Waals surface area contributed by atoms with Gasteiger partial charge in [-0.2, -0.15) is 0 Å². The minimum absolute atomic E-state index is 0.0260. The van der Waals surface area contributed by atoms with Crippen molar-refractivity contribution in [2.24, 2.45) is 0 Å². The molecule has 27 heavy (non-hydrogen) atoms. The molecule has 3 rings (SSSR count). The Kier molecular flexibility index (Phi) is 6.01. The molecule has 2 fully saturated rings. The van der Waals surface area contributed by atoms with Crippen LogP contribution in [0.15, 0.2) is 24.5 Å². The maximum absolute atomic E-state index is 14.0. The molecule has 0 bridgehead atoms. The van der Waals surface area contributed by atoms with Gasteiger partial charge in [0.05, 0.1) is 12.6 Å². The van der Waals surface area contributed by atoms with Crippen molar-refractivity contribution < 1.29 is 23.1 Å². The van der Waals surface area contributed by atoms with Gasteiger partial charge < -0.3 is 15.0 Å². The number of hydrogen-bond donors (Lipinski definition) is 1. The lowest BCUT2D eigenvalue weighted by Gasteiger charge is -2.45. The first kappa shape index (κ1) is 19.6. The molecule has 0 saturated carbocycles. The van der Waals surface area contributed by atoms with Gasteiger partial charge in [0.2, 0.25) is 11.8 Å². The highest BCUT2D eigenvalue weighted by atomic mass is 19.3. The van der Waals surface area contributed by atoms with Crippen molar-refractivity contribution in [3.8, 4) is 0 Å². The molecule has 0 spiro atoms. The molecular formula is C18H24F2N4O3. The standard InChI is InChI=1S/C18H24F2N4O3/c1-27-11-16(25)23-9-14(10-23)24-12-18(19,20)8-15(24)17(26)22-7-4-13-2-5-21-6-3-13/h2-3,5-6,14-15H,4,7-12H2,1H3,(H,22,26)/t15-/m0/s1. The molecule has 0 aliphatic carbocycles. The van der Waals surface area contributed by atoms with Crippen LogP contribution in [0.3, 0.4) is 0 Å². The number of nitrogens with zero attached hydrogens (tertiary/aromatic N) is 3. The SMILES string of the molecule is COCC(=O)N1CC(N2CC(F)(F)C[C@H]2C(=O)NCCc2ccncc2)C1. The summed E-state index contributed by atoms with van der Waals surface area (Å²) in [6, 6.07) is 2.60. The zero-order valence-electron chi connectivity index (χ0n) is 15.2. The normalized spacial score (nSPS) is 22.5. The lowest BCUT2D eigenvalue weighted by molar-refractivity contribution is -0.144. The smallest absolute Gasteiger partial charge is 0.262 e. The maximum atomic E-state index is 14.0. The number of hydrogen-bond acceptors (Lipinski definition) is 5. The summed E-state index contributed by atoms with van der Waals surface area (Å²) in [5, 5.41) is 2.76. The summed E-state index contributed by atoms with van der Waals surface area (Å²) < 4.78 is 32.7. The Morgan fingerprint density at radius 2 is 2.04 bits per heavy atom. The molecule has 7 nitrogen and oxygen atoms in total. The van der Waals surface area contributed by atoms with Crippen LogP contribution in [0.2, 0.25) is 0 Å². The highest BCUT2D eigenvalue weighted by Gasteiger charge is 2.52. The van der Waals surface area contributed by atoms with Gasteiger partial charge in [-0.25, -0.2) is 8.78 Å². The first-order valence-electron chi connectivity index (χ1n) is 8.96. The van der Waals surface area contributed by atoms with E-state index in [0.29, 0.717) is 26.1 Å². The van der Waals surface area contributed by atoms with E-state index in [0.717, 1.165) is 5.56 Å². The Labute approximate surface area is 156 Å². The van der Waals surface area contributed by atoms with Crippen molar-refractivity contribution in [3.63, 3.8) is 0 Å². The molecule has 1 atom stereocenters.